The Kier molecular flexibility index (Phi) is 4.68. The highest BCUT2D eigenvalue weighted by Crippen LogP contribution is 2.33. The van der Waals surface area contributed by atoms with Gasteiger partial charge in [-0.2, -0.15) is 0 Å². The normalized spacial score (nSPS) is 39.9. The Bertz CT molecular complexity index is 310. The maximum Gasteiger partial charge on any atom is 0.0546 e. The molecule has 116 valence electrons. The first-order valence-electron chi connectivity index (χ1n) is 8.72. The zero-order valence-electron chi connectivity index (χ0n) is 13.4. The van der Waals surface area contributed by atoms with Crippen LogP contribution in [-0.2, 0) is 4.74 Å². The molecule has 3 fully saturated rings. The molecule has 0 aromatic heterocycles. The van der Waals surface area contributed by atoms with E-state index in [4.69, 9.17) is 4.74 Å². The standard InChI is InChI=1S/C17H32N2O/c1-14-6-8-19(15(2)10-14)12-17(7-3-9-20-13-17)11-18-16-4-5-16/h14-16,18H,3-13H2,1-2H3. The van der Waals surface area contributed by atoms with Gasteiger partial charge in [0.1, 0.15) is 0 Å². The highest BCUT2D eigenvalue weighted by atomic mass is 16.5. The predicted molar refractivity (Wildman–Crippen MR) is 82.9 cm³/mol. The first kappa shape index (κ1) is 14.8. The minimum Gasteiger partial charge on any atom is -0.381 e. The van der Waals surface area contributed by atoms with Crippen LogP contribution in [0.2, 0.25) is 0 Å². The Morgan fingerprint density at radius 3 is 2.75 bits per heavy atom. The van der Waals surface area contributed by atoms with Gasteiger partial charge in [-0.15, -0.1) is 0 Å². The SMILES string of the molecule is CC1CCN(CC2(CNC3CC3)CCCOC2)C(C)C1. The van der Waals surface area contributed by atoms with Gasteiger partial charge < -0.3 is 10.1 Å². The first-order chi connectivity index (χ1) is 9.67. The third kappa shape index (κ3) is 3.75. The van der Waals surface area contributed by atoms with Crippen molar-refractivity contribution in [3.63, 3.8) is 0 Å². The van der Waals surface area contributed by atoms with Gasteiger partial charge in [0.15, 0.2) is 0 Å². The molecule has 2 aliphatic heterocycles. The number of hydrogen-bond acceptors (Lipinski definition) is 3. The largest absolute Gasteiger partial charge is 0.381 e. The number of hydrogen-bond donors (Lipinski definition) is 1. The van der Waals surface area contributed by atoms with Gasteiger partial charge in [0.05, 0.1) is 6.61 Å². The van der Waals surface area contributed by atoms with Crippen molar-refractivity contribution in [1.29, 1.82) is 0 Å². The Morgan fingerprint density at radius 1 is 1.25 bits per heavy atom. The van der Waals surface area contributed by atoms with E-state index >= 15 is 0 Å². The van der Waals surface area contributed by atoms with Crippen LogP contribution in [0.25, 0.3) is 0 Å². The minimum atomic E-state index is 0.371. The maximum atomic E-state index is 5.87. The molecule has 0 radical (unpaired) electrons. The second-order valence-electron chi connectivity index (χ2n) is 7.76. The molecule has 0 bridgehead atoms. The lowest BCUT2D eigenvalue weighted by molar-refractivity contribution is -0.0389. The lowest BCUT2D eigenvalue weighted by atomic mass is 9.80. The van der Waals surface area contributed by atoms with Gasteiger partial charge in [-0.3, -0.25) is 4.90 Å². The molecule has 0 aromatic carbocycles. The second kappa shape index (κ2) is 6.33. The smallest absolute Gasteiger partial charge is 0.0546 e. The average molecular weight is 280 g/mol. The van der Waals surface area contributed by atoms with E-state index in [1.807, 2.05) is 0 Å². The molecule has 20 heavy (non-hydrogen) atoms. The summed E-state index contributed by atoms with van der Waals surface area (Å²) in [5.74, 6) is 0.907. The van der Waals surface area contributed by atoms with Gasteiger partial charge in [-0.25, -0.2) is 0 Å². The van der Waals surface area contributed by atoms with E-state index in [0.717, 1.165) is 37.8 Å². The van der Waals surface area contributed by atoms with Crippen LogP contribution in [0.5, 0.6) is 0 Å². The Morgan fingerprint density at radius 2 is 2.10 bits per heavy atom. The van der Waals surface area contributed by atoms with Crippen LogP contribution in [0.1, 0.15) is 52.4 Å². The number of nitrogens with one attached hydrogen (secondary N) is 1. The molecule has 1 saturated carbocycles. The number of nitrogens with zero attached hydrogens (tertiary/aromatic N) is 1. The van der Waals surface area contributed by atoms with Gasteiger partial charge in [0, 0.05) is 37.2 Å². The minimum absolute atomic E-state index is 0.371. The molecule has 0 aromatic rings. The highest BCUT2D eigenvalue weighted by Gasteiger charge is 2.38. The average Bonchev–Trinajstić information content (AvgIpc) is 3.25. The van der Waals surface area contributed by atoms with E-state index < -0.39 is 0 Å². The summed E-state index contributed by atoms with van der Waals surface area (Å²) >= 11 is 0. The fraction of sp³-hybridized carbons (Fsp3) is 1.00. The van der Waals surface area contributed by atoms with Gasteiger partial charge in [-0.05, 0) is 57.9 Å². The van der Waals surface area contributed by atoms with Gasteiger partial charge >= 0.3 is 0 Å². The molecule has 0 spiro atoms. The zero-order valence-corrected chi connectivity index (χ0v) is 13.4. The van der Waals surface area contributed by atoms with Crippen molar-refractivity contribution in [3.8, 4) is 0 Å². The summed E-state index contributed by atoms with van der Waals surface area (Å²) in [5.41, 5.74) is 0.371. The highest BCUT2D eigenvalue weighted by molar-refractivity contribution is 4.93. The molecule has 2 heterocycles. The van der Waals surface area contributed by atoms with Crippen molar-refractivity contribution in [2.45, 2.75) is 64.5 Å². The molecule has 3 rings (SSSR count). The quantitative estimate of drug-likeness (QED) is 0.838. The first-order valence-corrected chi connectivity index (χ1v) is 8.72. The summed E-state index contributed by atoms with van der Waals surface area (Å²) in [5, 5.41) is 3.77. The monoisotopic (exact) mass is 280 g/mol. The molecule has 3 unspecified atom stereocenters. The van der Waals surface area contributed by atoms with E-state index in [9.17, 15) is 0 Å². The summed E-state index contributed by atoms with van der Waals surface area (Å²) in [6.45, 7) is 10.4. The maximum absolute atomic E-state index is 5.87. The molecule has 2 saturated heterocycles. The molecular formula is C17H32N2O. The van der Waals surface area contributed by atoms with Crippen molar-refractivity contribution in [2.24, 2.45) is 11.3 Å². The fourth-order valence-electron chi connectivity index (χ4n) is 4.00. The van der Waals surface area contributed by atoms with E-state index in [0.29, 0.717) is 5.41 Å². The van der Waals surface area contributed by atoms with Crippen molar-refractivity contribution in [2.75, 3.05) is 32.8 Å². The third-order valence-corrected chi connectivity index (χ3v) is 5.56. The predicted octanol–water partition coefficient (Wildman–Crippen LogP) is 2.66. The molecular weight excluding hydrogens is 248 g/mol. The Balaban J connectivity index is 1.59. The zero-order chi connectivity index (χ0) is 14.0. The summed E-state index contributed by atoms with van der Waals surface area (Å²) in [7, 11) is 0. The Hall–Kier alpha value is -0.120. The number of ether oxygens (including phenoxy) is 1. The van der Waals surface area contributed by atoms with Crippen molar-refractivity contribution < 1.29 is 4.74 Å². The van der Waals surface area contributed by atoms with Crippen LogP contribution < -0.4 is 5.32 Å². The van der Waals surface area contributed by atoms with Crippen LogP contribution in [0, 0.1) is 11.3 Å². The molecule has 3 heteroatoms. The number of likely N-dealkylation sites (tertiary alicyclic amines) is 1. The lowest BCUT2D eigenvalue weighted by Gasteiger charge is -2.45. The van der Waals surface area contributed by atoms with E-state index in [1.54, 1.807) is 0 Å². The number of rotatable bonds is 5. The fourth-order valence-corrected chi connectivity index (χ4v) is 4.00. The van der Waals surface area contributed by atoms with Gasteiger partial charge in [0.25, 0.3) is 0 Å². The van der Waals surface area contributed by atoms with E-state index in [1.165, 1.54) is 51.6 Å². The van der Waals surface area contributed by atoms with Crippen LogP contribution in [0.4, 0.5) is 0 Å². The summed E-state index contributed by atoms with van der Waals surface area (Å²) in [4.78, 5) is 2.74. The molecule has 3 atom stereocenters. The summed E-state index contributed by atoms with van der Waals surface area (Å²) in [6, 6.07) is 1.56. The van der Waals surface area contributed by atoms with Crippen LogP contribution in [0.3, 0.4) is 0 Å². The van der Waals surface area contributed by atoms with Gasteiger partial charge in [0.2, 0.25) is 0 Å². The second-order valence-corrected chi connectivity index (χ2v) is 7.76. The number of piperidine rings is 1. The molecule has 3 aliphatic rings. The van der Waals surface area contributed by atoms with Crippen molar-refractivity contribution in [1.82, 2.24) is 10.2 Å². The van der Waals surface area contributed by atoms with Crippen molar-refractivity contribution in [3.05, 3.63) is 0 Å². The van der Waals surface area contributed by atoms with Crippen LogP contribution in [0.15, 0.2) is 0 Å². The van der Waals surface area contributed by atoms with E-state index in [2.05, 4.69) is 24.1 Å². The summed E-state index contributed by atoms with van der Waals surface area (Å²) in [6.07, 6.45) is 8.09. The van der Waals surface area contributed by atoms with Gasteiger partial charge in [-0.1, -0.05) is 6.92 Å². The molecule has 1 N–H and O–H groups in total. The van der Waals surface area contributed by atoms with Crippen molar-refractivity contribution >= 4 is 0 Å². The third-order valence-electron chi connectivity index (χ3n) is 5.56. The lowest BCUT2D eigenvalue weighted by Crippen LogP contribution is -2.53. The van der Waals surface area contributed by atoms with Crippen LogP contribution in [-0.4, -0.2) is 49.8 Å². The Labute approximate surface area is 124 Å². The van der Waals surface area contributed by atoms with E-state index in [-0.39, 0.29) is 0 Å². The molecule has 1 aliphatic carbocycles. The van der Waals surface area contributed by atoms with Crippen LogP contribution >= 0.6 is 0 Å². The topological polar surface area (TPSA) is 24.5 Å². The molecule has 3 nitrogen and oxygen atoms in total. The summed E-state index contributed by atoms with van der Waals surface area (Å²) < 4.78 is 5.87. The molecule has 0 amide bonds.